The highest BCUT2D eigenvalue weighted by Gasteiger charge is 2.38. The van der Waals surface area contributed by atoms with Crippen LogP contribution in [0.25, 0.3) is 0 Å². The molecule has 0 aromatic heterocycles. The zero-order valence-electron chi connectivity index (χ0n) is 15.8. The Hall–Kier alpha value is -1.35. The van der Waals surface area contributed by atoms with Crippen molar-refractivity contribution in [1.29, 1.82) is 0 Å². The lowest BCUT2D eigenvalue weighted by Crippen LogP contribution is -2.41. The third kappa shape index (κ3) is 6.27. The van der Waals surface area contributed by atoms with E-state index in [1.165, 1.54) is 56.7 Å². The predicted octanol–water partition coefficient (Wildman–Crippen LogP) is 6.54. The van der Waals surface area contributed by atoms with E-state index in [0.29, 0.717) is 5.75 Å². The van der Waals surface area contributed by atoms with Crippen LogP contribution in [0.2, 0.25) is 18.1 Å². The molecule has 0 amide bonds. The number of unbranched alkanes of at least 4 members (excludes halogenated alkanes) is 3. The van der Waals surface area contributed by atoms with Crippen LogP contribution in [0.3, 0.4) is 0 Å². The van der Waals surface area contributed by atoms with Gasteiger partial charge in [0, 0.05) is 5.20 Å². The lowest BCUT2D eigenvalue weighted by Gasteiger charge is -2.33. The number of carbonyl (C=O) groups is 1. The van der Waals surface area contributed by atoms with Crippen molar-refractivity contribution in [2.45, 2.75) is 77.4 Å². The van der Waals surface area contributed by atoms with Gasteiger partial charge in [0.05, 0.1) is 8.07 Å². The fourth-order valence-electron chi connectivity index (χ4n) is 3.25. The molecule has 1 aromatic carbocycles. The Morgan fingerprint density at radius 3 is 1.79 bits per heavy atom. The van der Waals surface area contributed by atoms with E-state index in [2.05, 4.69) is 27.4 Å². The molecule has 1 aromatic rings. The van der Waals surface area contributed by atoms with Crippen LogP contribution in [0.5, 0.6) is 5.75 Å². The molecule has 0 fully saturated rings. The zero-order valence-corrected chi connectivity index (χ0v) is 16.8. The molecular formula is C21H34O2Si. The maximum Gasteiger partial charge on any atom is 0.334 e. The fraction of sp³-hybridized carbons (Fsp3) is 0.571. The van der Waals surface area contributed by atoms with E-state index in [1.807, 2.05) is 30.3 Å². The number of rotatable bonds is 12. The van der Waals surface area contributed by atoms with Crippen LogP contribution in [0.15, 0.2) is 42.1 Å². The molecule has 0 heterocycles. The quantitative estimate of drug-likeness (QED) is 0.186. The van der Waals surface area contributed by atoms with Crippen molar-refractivity contribution in [3.05, 3.63) is 42.1 Å². The van der Waals surface area contributed by atoms with Crippen molar-refractivity contribution in [3.8, 4) is 5.75 Å². The first-order valence-corrected chi connectivity index (χ1v) is 12.2. The summed E-state index contributed by atoms with van der Waals surface area (Å²) in [6.45, 7) is 10.9. The molecule has 0 radical (unpaired) electrons. The predicted molar refractivity (Wildman–Crippen MR) is 106 cm³/mol. The molecule has 1 rings (SSSR count). The van der Waals surface area contributed by atoms with Crippen molar-refractivity contribution in [1.82, 2.24) is 0 Å². The van der Waals surface area contributed by atoms with Crippen LogP contribution >= 0.6 is 0 Å². The van der Waals surface area contributed by atoms with Crippen molar-refractivity contribution in [3.63, 3.8) is 0 Å². The Morgan fingerprint density at radius 1 is 0.917 bits per heavy atom. The van der Waals surface area contributed by atoms with Crippen LogP contribution in [0, 0.1) is 0 Å². The summed E-state index contributed by atoms with van der Waals surface area (Å²) >= 11 is 0. The van der Waals surface area contributed by atoms with Gasteiger partial charge in [-0.25, -0.2) is 4.79 Å². The maximum absolute atomic E-state index is 12.8. The molecule has 0 bridgehead atoms. The number of esters is 1. The van der Waals surface area contributed by atoms with Gasteiger partial charge >= 0.3 is 5.97 Å². The minimum atomic E-state index is -1.85. The van der Waals surface area contributed by atoms with Gasteiger partial charge in [0.25, 0.3) is 0 Å². The number of ether oxygens (including phenoxy) is 1. The summed E-state index contributed by atoms with van der Waals surface area (Å²) in [5, 5.41) is 0.807. The molecule has 0 aliphatic heterocycles. The average Bonchev–Trinajstić information content (AvgIpc) is 2.61. The Balaban J connectivity index is 2.95. The highest BCUT2D eigenvalue weighted by atomic mass is 28.3. The van der Waals surface area contributed by atoms with E-state index in [0.717, 1.165) is 5.20 Å². The summed E-state index contributed by atoms with van der Waals surface area (Å²) in [5.74, 6) is 0.421. The Bertz CT molecular complexity index is 474. The number of hydrogen-bond donors (Lipinski definition) is 0. The van der Waals surface area contributed by atoms with E-state index in [4.69, 9.17) is 4.74 Å². The highest BCUT2D eigenvalue weighted by molar-refractivity contribution is 6.90. The summed E-state index contributed by atoms with van der Waals surface area (Å²) in [6.07, 6.45) is 7.10. The third-order valence-electron chi connectivity index (χ3n) is 4.87. The summed E-state index contributed by atoms with van der Waals surface area (Å²) in [6, 6.07) is 12.9. The molecule has 0 unspecified atom stereocenters. The molecule has 3 heteroatoms. The van der Waals surface area contributed by atoms with Crippen LogP contribution in [-0.2, 0) is 4.79 Å². The second kappa shape index (κ2) is 11.2. The standard InChI is InChI=1S/C21H34O2Si/c1-5-8-16-24(17-9-6-2,18-10-7-3)19(4)21(22)23-20-14-12-11-13-15-20/h11-15H,4-10,16-18H2,1-3H3. The van der Waals surface area contributed by atoms with Crippen LogP contribution in [0.4, 0.5) is 0 Å². The molecule has 0 aliphatic carbocycles. The lowest BCUT2D eigenvalue weighted by atomic mass is 10.3. The van der Waals surface area contributed by atoms with Gasteiger partial charge in [0.1, 0.15) is 5.75 Å². The molecule has 0 saturated heterocycles. The molecule has 134 valence electrons. The van der Waals surface area contributed by atoms with Gasteiger partial charge in [-0.3, -0.25) is 0 Å². The smallest absolute Gasteiger partial charge is 0.334 e. The van der Waals surface area contributed by atoms with E-state index >= 15 is 0 Å². The lowest BCUT2D eigenvalue weighted by molar-refractivity contribution is -0.129. The van der Waals surface area contributed by atoms with Gasteiger partial charge in [0.15, 0.2) is 0 Å². The summed E-state index contributed by atoms with van der Waals surface area (Å²) < 4.78 is 5.62. The van der Waals surface area contributed by atoms with E-state index in [9.17, 15) is 4.79 Å². The van der Waals surface area contributed by atoms with E-state index < -0.39 is 8.07 Å². The second-order valence-corrected chi connectivity index (χ2v) is 11.4. The first-order valence-electron chi connectivity index (χ1n) is 9.56. The molecule has 0 spiro atoms. The minimum Gasteiger partial charge on any atom is -0.423 e. The van der Waals surface area contributed by atoms with Crippen LogP contribution in [0.1, 0.15) is 59.3 Å². The summed E-state index contributed by atoms with van der Waals surface area (Å²) in [4.78, 5) is 12.8. The van der Waals surface area contributed by atoms with Gasteiger partial charge < -0.3 is 4.74 Å². The average molecular weight is 347 g/mol. The minimum absolute atomic E-state index is 0.198. The van der Waals surface area contributed by atoms with Crippen LogP contribution < -0.4 is 4.74 Å². The number of para-hydroxylation sites is 1. The SMILES string of the molecule is C=C(C(=O)Oc1ccccc1)[Si](CCCC)(CCCC)CCCC. The Labute approximate surface area is 149 Å². The van der Waals surface area contributed by atoms with E-state index in [1.54, 1.807) is 0 Å². The van der Waals surface area contributed by atoms with Gasteiger partial charge in [-0.2, -0.15) is 0 Å². The zero-order chi connectivity index (χ0) is 17.8. The fourth-order valence-corrected chi connectivity index (χ4v) is 8.48. The normalized spacial score (nSPS) is 11.3. The van der Waals surface area contributed by atoms with Crippen molar-refractivity contribution >= 4 is 14.0 Å². The molecular weight excluding hydrogens is 312 g/mol. The van der Waals surface area contributed by atoms with Crippen molar-refractivity contribution in [2.75, 3.05) is 0 Å². The van der Waals surface area contributed by atoms with Gasteiger partial charge in [-0.15, -0.1) is 0 Å². The summed E-state index contributed by atoms with van der Waals surface area (Å²) in [7, 11) is -1.85. The van der Waals surface area contributed by atoms with E-state index in [-0.39, 0.29) is 5.97 Å². The van der Waals surface area contributed by atoms with Crippen LogP contribution in [-0.4, -0.2) is 14.0 Å². The molecule has 0 atom stereocenters. The monoisotopic (exact) mass is 346 g/mol. The molecule has 24 heavy (non-hydrogen) atoms. The number of carbonyl (C=O) groups excluding carboxylic acids is 1. The number of hydrogen-bond acceptors (Lipinski definition) is 2. The van der Waals surface area contributed by atoms with Crippen molar-refractivity contribution in [2.24, 2.45) is 0 Å². The number of benzene rings is 1. The molecule has 0 N–H and O–H groups in total. The Kier molecular flexibility index (Phi) is 9.69. The molecule has 0 aliphatic rings. The topological polar surface area (TPSA) is 26.3 Å². The van der Waals surface area contributed by atoms with Crippen molar-refractivity contribution < 1.29 is 9.53 Å². The largest absolute Gasteiger partial charge is 0.423 e. The molecule has 2 nitrogen and oxygen atoms in total. The Morgan fingerprint density at radius 2 is 1.38 bits per heavy atom. The summed E-state index contributed by atoms with van der Waals surface area (Å²) in [5.41, 5.74) is 0. The second-order valence-electron chi connectivity index (χ2n) is 6.77. The molecule has 0 saturated carbocycles. The highest BCUT2D eigenvalue weighted by Crippen LogP contribution is 2.34. The van der Waals surface area contributed by atoms with Gasteiger partial charge in [0.2, 0.25) is 0 Å². The first kappa shape index (κ1) is 20.7. The van der Waals surface area contributed by atoms with Gasteiger partial charge in [-0.1, -0.05) is 102 Å². The third-order valence-corrected chi connectivity index (χ3v) is 10.3. The maximum atomic E-state index is 12.8. The van der Waals surface area contributed by atoms with Gasteiger partial charge in [-0.05, 0) is 12.1 Å². The first-order chi connectivity index (χ1) is 11.6.